The van der Waals surface area contributed by atoms with E-state index in [0.29, 0.717) is 22.2 Å². The van der Waals surface area contributed by atoms with E-state index in [1.54, 1.807) is 48.5 Å². The second kappa shape index (κ2) is 9.94. The molecule has 0 unspecified atom stereocenters. The van der Waals surface area contributed by atoms with E-state index in [9.17, 15) is 22.9 Å². The number of ether oxygens (including phenoxy) is 1. The molecule has 0 fully saturated rings. The van der Waals surface area contributed by atoms with E-state index in [2.05, 4.69) is 15.5 Å². The van der Waals surface area contributed by atoms with Crippen molar-refractivity contribution in [2.45, 2.75) is 11.8 Å². The molecule has 0 saturated carbocycles. The number of hydrogen-bond donors (Lipinski definition) is 3. The number of amides is 1. The first-order chi connectivity index (χ1) is 17.1. The number of nitrogens with one attached hydrogen (secondary N) is 1. The molecule has 36 heavy (non-hydrogen) atoms. The lowest BCUT2D eigenvalue weighted by molar-refractivity contribution is 0.102. The Hall–Kier alpha value is -3.99. The summed E-state index contributed by atoms with van der Waals surface area (Å²) >= 11 is 6.01. The Bertz CT molecular complexity index is 1620. The van der Waals surface area contributed by atoms with Crippen LogP contribution in [0.2, 0.25) is 5.02 Å². The van der Waals surface area contributed by atoms with Crippen LogP contribution in [-0.4, -0.2) is 31.1 Å². The van der Waals surface area contributed by atoms with Crippen LogP contribution in [0.25, 0.3) is 10.8 Å². The highest BCUT2D eigenvalue weighted by molar-refractivity contribution is 7.86. The molecule has 9 nitrogen and oxygen atoms in total. The molecule has 0 radical (unpaired) electrons. The average Bonchev–Trinajstić information content (AvgIpc) is 2.84. The summed E-state index contributed by atoms with van der Waals surface area (Å²) in [6, 6.07) is 17.7. The zero-order chi connectivity index (χ0) is 26.0. The number of carbonyl (C=O) groups excluding carboxylic acids is 1. The van der Waals surface area contributed by atoms with Gasteiger partial charge in [0.05, 0.1) is 12.7 Å². The Morgan fingerprint density at radius 3 is 2.39 bits per heavy atom. The van der Waals surface area contributed by atoms with Crippen molar-refractivity contribution in [2.75, 3.05) is 12.4 Å². The zero-order valence-electron chi connectivity index (χ0n) is 19.1. The fourth-order valence-corrected chi connectivity index (χ4v) is 4.71. The molecule has 11 heteroatoms. The molecule has 0 aliphatic heterocycles. The van der Waals surface area contributed by atoms with Gasteiger partial charge in [-0.1, -0.05) is 35.9 Å². The van der Waals surface area contributed by atoms with Gasteiger partial charge in [0.25, 0.3) is 16.0 Å². The number of aromatic hydroxyl groups is 1. The van der Waals surface area contributed by atoms with Crippen molar-refractivity contribution >= 4 is 55.5 Å². The Morgan fingerprint density at radius 1 is 1.03 bits per heavy atom. The number of rotatable bonds is 6. The van der Waals surface area contributed by atoms with E-state index in [0.717, 1.165) is 0 Å². The van der Waals surface area contributed by atoms with Crippen LogP contribution in [-0.2, 0) is 10.1 Å². The lowest BCUT2D eigenvalue weighted by Gasteiger charge is -2.12. The third kappa shape index (κ3) is 5.01. The molecule has 0 bridgehead atoms. The lowest BCUT2D eigenvalue weighted by atomic mass is 10.0. The molecule has 4 aromatic carbocycles. The number of methoxy groups -OCH3 is 1. The summed E-state index contributed by atoms with van der Waals surface area (Å²) in [5, 5.41) is 22.9. The molecule has 0 aliphatic carbocycles. The molecule has 0 saturated heterocycles. The monoisotopic (exact) mass is 525 g/mol. The largest absolute Gasteiger partial charge is 0.505 e. The van der Waals surface area contributed by atoms with Crippen LogP contribution in [0.1, 0.15) is 15.9 Å². The first-order valence-corrected chi connectivity index (χ1v) is 12.3. The van der Waals surface area contributed by atoms with E-state index in [1.807, 2.05) is 0 Å². The van der Waals surface area contributed by atoms with E-state index >= 15 is 0 Å². The molecule has 0 aromatic heterocycles. The normalized spacial score (nSPS) is 11.7. The summed E-state index contributed by atoms with van der Waals surface area (Å²) in [5.41, 5.74) is 0.266. The summed E-state index contributed by atoms with van der Waals surface area (Å²) in [6.45, 7) is 1.42. The number of fused-ring (bicyclic) bond motifs is 1. The van der Waals surface area contributed by atoms with E-state index < -0.39 is 26.7 Å². The van der Waals surface area contributed by atoms with E-state index in [4.69, 9.17) is 16.3 Å². The number of benzene rings is 4. The highest BCUT2D eigenvalue weighted by Crippen LogP contribution is 2.41. The van der Waals surface area contributed by atoms with Gasteiger partial charge in [0.1, 0.15) is 22.0 Å². The fraction of sp³-hybridized carbons (Fsp3) is 0.0800. The van der Waals surface area contributed by atoms with Crippen LogP contribution >= 0.6 is 11.6 Å². The Labute approximate surface area is 211 Å². The Kier molecular flexibility index (Phi) is 6.93. The number of phenols is 1. The number of carbonyl (C=O) groups is 1. The first-order valence-electron chi connectivity index (χ1n) is 10.5. The minimum Gasteiger partial charge on any atom is -0.505 e. The van der Waals surface area contributed by atoms with Gasteiger partial charge < -0.3 is 15.2 Å². The number of nitrogens with zero attached hydrogens (tertiary/aromatic N) is 2. The molecule has 0 heterocycles. The van der Waals surface area contributed by atoms with Crippen LogP contribution in [0, 0.1) is 6.92 Å². The van der Waals surface area contributed by atoms with Gasteiger partial charge >= 0.3 is 0 Å². The smallest absolute Gasteiger partial charge is 0.297 e. The maximum absolute atomic E-state index is 13.0. The van der Waals surface area contributed by atoms with Crippen molar-refractivity contribution in [3.63, 3.8) is 0 Å². The number of phenolic OH excluding ortho intramolecular Hbond substituents is 1. The van der Waals surface area contributed by atoms with Gasteiger partial charge in [-0.05, 0) is 60.3 Å². The second-order valence-electron chi connectivity index (χ2n) is 7.72. The van der Waals surface area contributed by atoms with Crippen molar-refractivity contribution < 1.29 is 27.6 Å². The molecule has 4 rings (SSSR count). The standard InChI is InChI=1S/C25H20ClN3O6S/c1-14-20(26)11-12-21(24(14)36(32,33)34)28-29-22-18-6-4-3-5-15(18)13-19(23(22)30)25(31)27-16-7-9-17(35-2)10-8-16/h3-13,30H,1-2H3,(H,27,31)(H,32,33,34). The fourth-order valence-electron chi connectivity index (χ4n) is 3.63. The number of halogens is 1. The number of anilines is 1. The van der Waals surface area contributed by atoms with E-state index in [-0.39, 0.29) is 27.5 Å². The van der Waals surface area contributed by atoms with Gasteiger partial charge in [0, 0.05) is 16.1 Å². The maximum Gasteiger partial charge on any atom is 0.297 e. The summed E-state index contributed by atoms with van der Waals surface area (Å²) in [6.07, 6.45) is 0. The van der Waals surface area contributed by atoms with Gasteiger partial charge in [-0.2, -0.15) is 8.42 Å². The minimum atomic E-state index is -4.68. The van der Waals surface area contributed by atoms with Crippen molar-refractivity contribution in [3.8, 4) is 11.5 Å². The van der Waals surface area contributed by atoms with Crippen molar-refractivity contribution in [1.29, 1.82) is 0 Å². The maximum atomic E-state index is 13.0. The molecule has 4 aromatic rings. The van der Waals surface area contributed by atoms with Crippen molar-refractivity contribution in [1.82, 2.24) is 0 Å². The SMILES string of the molecule is COc1ccc(NC(=O)c2cc3ccccc3c(N=Nc3ccc(Cl)c(C)c3S(=O)(=O)O)c2O)cc1. The molecular formula is C25H20ClN3O6S. The summed E-state index contributed by atoms with van der Waals surface area (Å²) in [5.74, 6) is -0.436. The highest BCUT2D eigenvalue weighted by atomic mass is 35.5. The molecule has 3 N–H and O–H groups in total. The van der Waals surface area contributed by atoms with Gasteiger partial charge in [-0.3, -0.25) is 9.35 Å². The molecule has 0 aliphatic rings. The first kappa shape index (κ1) is 25.1. The van der Waals surface area contributed by atoms with Crippen molar-refractivity contribution in [3.05, 3.63) is 82.9 Å². The molecule has 184 valence electrons. The quantitative estimate of drug-likeness (QED) is 0.196. The summed E-state index contributed by atoms with van der Waals surface area (Å²) in [4.78, 5) is 12.5. The average molecular weight is 526 g/mol. The van der Waals surface area contributed by atoms with Gasteiger partial charge in [0.2, 0.25) is 0 Å². The molecule has 0 atom stereocenters. The molecular weight excluding hydrogens is 506 g/mol. The molecule has 0 spiro atoms. The third-order valence-electron chi connectivity index (χ3n) is 5.42. The second-order valence-corrected chi connectivity index (χ2v) is 9.49. The molecule has 1 amide bonds. The zero-order valence-corrected chi connectivity index (χ0v) is 20.6. The Morgan fingerprint density at radius 2 is 1.72 bits per heavy atom. The van der Waals surface area contributed by atoms with Crippen LogP contribution < -0.4 is 10.1 Å². The van der Waals surface area contributed by atoms with Crippen LogP contribution in [0.3, 0.4) is 0 Å². The topological polar surface area (TPSA) is 138 Å². The predicted octanol–water partition coefficient (Wildman–Crippen LogP) is 6.43. The summed E-state index contributed by atoms with van der Waals surface area (Å²) < 4.78 is 38.7. The van der Waals surface area contributed by atoms with Crippen molar-refractivity contribution in [2.24, 2.45) is 10.2 Å². The predicted molar refractivity (Wildman–Crippen MR) is 137 cm³/mol. The van der Waals surface area contributed by atoms with Crippen LogP contribution in [0.5, 0.6) is 11.5 Å². The van der Waals surface area contributed by atoms with Crippen LogP contribution in [0.15, 0.2) is 81.9 Å². The number of azo groups is 1. The van der Waals surface area contributed by atoms with Gasteiger partial charge in [-0.25, -0.2) is 0 Å². The van der Waals surface area contributed by atoms with Gasteiger partial charge in [-0.15, -0.1) is 10.2 Å². The summed E-state index contributed by atoms with van der Waals surface area (Å²) in [7, 11) is -3.15. The van der Waals surface area contributed by atoms with Gasteiger partial charge in [0.15, 0.2) is 5.75 Å². The highest BCUT2D eigenvalue weighted by Gasteiger charge is 2.22. The Balaban J connectivity index is 1.81. The number of hydrogen-bond acceptors (Lipinski definition) is 7. The van der Waals surface area contributed by atoms with Crippen LogP contribution in [0.4, 0.5) is 17.1 Å². The van der Waals surface area contributed by atoms with E-state index in [1.165, 1.54) is 32.2 Å². The lowest BCUT2D eigenvalue weighted by Crippen LogP contribution is -2.12. The third-order valence-corrected chi connectivity index (χ3v) is 6.86. The minimum absolute atomic E-state index is 0.0538.